The Balaban J connectivity index is 1.92. The smallest absolute Gasteiger partial charge is 0.224 e. The molecule has 21 heavy (non-hydrogen) atoms. The van der Waals surface area contributed by atoms with Gasteiger partial charge in [0.1, 0.15) is 4.99 Å². The van der Waals surface area contributed by atoms with E-state index in [-0.39, 0.29) is 5.91 Å². The molecule has 0 spiro atoms. The second-order valence-corrected chi connectivity index (χ2v) is 5.52. The number of nitrogens with one attached hydrogen (secondary N) is 1. The minimum absolute atomic E-state index is 0.0574. The molecule has 0 bridgehead atoms. The number of benzene rings is 2. The molecule has 0 heterocycles. The third-order valence-corrected chi connectivity index (χ3v) is 3.43. The van der Waals surface area contributed by atoms with Gasteiger partial charge in [0.15, 0.2) is 0 Å². The molecule has 0 aliphatic carbocycles. The van der Waals surface area contributed by atoms with Crippen molar-refractivity contribution in [2.75, 3.05) is 0 Å². The predicted molar refractivity (Wildman–Crippen MR) is 89.3 cm³/mol. The molecule has 2 aromatic carbocycles. The van der Waals surface area contributed by atoms with Gasteiger partial charge in [0.2, 0.25) is 5.91 Å². The molecule has 0 fully saturated rings. The van der Waals surface area contributed by atoms with E-state index < -0.39 is 0 Å². The highest BCUT2D eigenvalue weighted by molar-refractivity contribution is 7.80. The molecule has 5 heteroatoms. The first-order valence-corrected chi connectivity index (χ1v) is 7.23. The third-order valence-electron chi connectivity index (χ3n) is 2.95. The van der Waals surface area contributed by atoms with Crippen LogP contribution in [0, 0.1) is 0 Å². The Kier molecular flexibility index (Phi) is 5.31. The lowest BCUT2D eigenvalue weighted by Crippen LogP contribution is -2.24. The average molecular weight is 319 g/mol. The van der Waals surface area contributed by atoms with E-state index >= 15 is 0 Å². The van der Waals surface area contributed by atoms with Crippen molar-refractivity contribution in [2.45, 2.75) is 13.0 Å². The van der Waals surface area contributed by atoms with E-state index in [0.29, 0.717) is 23.0 Å². The molecule has 0 aromatic heterocycles. The molecular weight excluding hydrogens is 304 g/mol. The topological polar surface area (TPSA) is 55.1 Å². The highest BCUT2D eigenvalue weighted by Gasteiger charge is 2.04. The molecule has 0 saturated heterocycles. The fourth-order valence-electron chi connectivity index (χ4n) is 1.93. The minimum Gasteiger partial charge on any atom is -0.389 e. The zero-order valence-electron chi connectivity index (χ0n) is 11.3. The van der Waals surface area contributed by atoms with Crippen LogP contribution >= 0.6 is 23.8 Å². The molecule has 0 atom stereocenters. The number of rotatable bonds is 5. The molecule has 2 aromatic rings. The zero-order valence-corrected chi connectivity index (χ0v) is 12.9. The van der Waals surface area contributed by atoms with Crippen molar-refractivity contribution >= 4 is 34.7 Å². The SMILES string of the molecule is NC(=S)c1cccc(CNC(=O)Cc2cccc(Cl)c2)c1. The van der Waals surface area contributed by atoms with Gasteiger partial charge in [0, 0.05) is 17.1 Å². The van der Waals surface area contributed by atoms with Gasteiger partial charge in [0.25, 0.3) is 0 Å². The monoisotopic (exact) mass is 318 g/mol. The summed E-state index contributed by atoms with van der Waals surface area (Å²) in [5.41, 5.74) is 8.23. The van der Waals surface area contributed by atoms with Gasteiger partial charge in [-0.05, 0) is 29.3 Å². The summed E-state index contributed by atoms with van der Waals surface area (Å²) in [6.45, 7) is 0.440. The van der Waals surface area contributed by atoms with Gasteiger partial charge in [-0.15, -0.1) is 0 Å². The van der Waals surface area contributed by atoms with Gasteiger partial charge in [-0.3, -0.25) is 4.79 Å². The molecule has 0 unspecified atom stereocenters. The van der Waals surface area contributed by atoms with Crippen molar-refractivity contribution in [2.24, 2.45) is 5.73 Å². The van der Waals surface area contributed by atoms with Gasteiger partial charge in [-0.2, -0.15) is 0 Å². The minimum atomic E-state index is -0.0574. The summed E-state index contributed by atoms with van der Waals surface area (Å²) < 4.78 is 0. The van der Waals surface area contributed by atoms with Crippen LogP contribution in [0.1, 0.15) is 16.7 Å². The molecular formula is C16H15ClN2OS. The first kappa shape index (κ1) is 15.5. The van der Waals surface area contributed by atoms with Crippen molar-refractivity contribution in [3.63, 3.8) is 0 Å². The van der Waals surface area contributed by atoms with Crippen LogP contribution in [0.25, 0.3) is 0 Å². The zero-order chi connectivity index (χ0) is 15.2. The third kappa shape index (κ3) is 4.85. The lowest BCUT2D eigenvalue weighted by atomic mass is 10.1. The van der Waals surface area contributed by atoms with E-state index in [4.69, 9.17) is 29.6 Å². The Hall–Kier alpha value is -1.91. The van der Waals surface area contributed by atoms with Crippen LogP contribution in [0.4, 0.5) is 0 Å². The molecule has 0 saturated carbocycles. The van der Waals surface area contributed by atoms with E-state index in [1.165, 1.54) is 0 Å². The van der Waals surface area contributed by atoms with E-state index in [2.05, 4.69) is 5.32 Å². The Labute approximate surface area is 134 Å². The summed E-state index contributed by atoms with van der Waals surface area (Å²) in [7, 11) is 0. The fraction of sp³-hybridized carbons (Fsp3) is 0.125. The highest BCUT2D eigenvalue weighted by Crippen LogP contribution is 2.11. The predicted octanol–water partition coefficient (Wildman–Crippen LogP) is 2.83. The standard InChI is InChI=1S/C16H15ClN2OS/c17-14-6-2-3-11(8-14)9-15(20)19-10-12-4-1-5-13(7-12)16(18)21/h1-8H,9-10H2,(H2,18,21)(H,19,20). The van der Waals surface area contributed by atoms with E-state index in [1.54, 1.807) is 12.1 Å². The first-order valence-electron chi connectivity index (χ1n) is 6.44. The van der Waals surface area contributed by atoms with Crippen molar-refractivity contribution in [1.82, 2.24) is 5.32 Å². The van der Waals surface area contributed by atoms with Crippen molar-refractivity contribution in [3.8, 4) is 0 Å². The maximum atomic E-state index is 11.9. The van der Waals surface area contributed by atoms with Crippen LogP contribution in [-0.4, -0.2) is 10.9 Å². The number of halogens is 1. The number of carbonyl (C=O) groups excluding carboxylic acids is 1. The lowest BCUT2D eigenvalue weighted by molar-refractivity contribution is -0.120. The molecule has 3 nitrogen and oxygen atoms in total. The molecule has 0 radical (unpaired) electrons. The molecule has 108 valence electrons. The van der Waals surface area contributed by atoms with Crippen molar-refractivity contribution in [1.29, 1.82) is 0 Å². The number of thiocarbonyl (C=S) groups is 1. The molecule has 0 aliphatic rings. The Morgan fingerprint density at radius 2 is 1.86 bits per heavy atom. The summed E-state index contributed by atoms with van der Waals surface area (Å²) in [6.07, 6.45) is 0.301. The number of hydrogen-bond acceptors (Lipinski definition) is 2. The van der Waals surface area contributed by atoms with E-state index in [9.17, 15) is 4.79 Å². The van der Waals surface area contributed by atoms with Crippen LogP contribution in [-0.2, 0) is 17.8 Å². The second kappa shape index (κ2) is 7.20. The molecule has 3 N–H and O–H groups in total. The summed E-state index contributed by atoms with van der Waals surface area (Å²) in [4.78, 5) is 12.3. The summed E-state index contributed by atoms with van der Waals surface area (Å²) in [5.74, 6) is -0.0574. The average Bonchev–Trinajstić information content (AvgIpc) is 2.45. The van der Waals surface area contributed by atoms with Gasteiger partial charge in [0.05, 0.1) is 6.42 Å². The lowest BCUT2D eigenvalue weighted by Gasteiger charge is -2.07. The van der Waals surface area contributed by atoms with Crippen molar-refractivity contribution in [3.05, 3.63) is 70.2 Å². The summed E-state index contributed by atoms with van der Waals surface area (Å²) in [5, 5.41) is 3.50. The fourth-order valence-corrected chi connectivity index (χ4v) is 2.27. The largest absolute Gasteiger partial charge is 0.389 e. The number of nitrogens with two attached hydrogens (primary N) is 1. The first-order chi connectivity index (χ1) is 10.0. The molecule has 1 amide bonds. The quantitative estimate of drug-likeness (QED) is 0.834. The maximum absolute atomic E-state index is 11.9. The number of amides is 1. The maximum Gasteiger partial charge on any atom is 0.224 e. The normalized spacial score (nSPS) is 10.1. The number of carbonyl (C=O) groups is 1. The molecule has 2 rings (SSSR count). The van der Waals surface area contributed by atoms with Gasteiger partial charge in [-0.1, -0.05) is 54.2 Å². The summed E-state index contributed by atoms with van der Waals surface area (Å²) >= 11 is 10.8. The van der Waals surface area contributed by atoms with E-state index in [0.717, 1.165) is 16.7 Å². The number of hydrogen-bond donors (Lipinski definition) is 2. The van der Waals surface area contributed by atoms with Gasteiger partial charge >= 0.3 is 0 Å². The molecule has 0 aliphatic heterocycles. The highest BCUT2D eigenvalue weighted by atomic mass is 35.5. The second-order valence-electron chi connectivity index (χ2n) is 4.65. The van der Waals surface area contributed by atoms with E-state index in [1.807, 2.05) is 36.4 Å². The van der Waals surface area contributed by atoms with Crippen molar-refractivity contribution < 1.29 is 4.79 Å². The van der Waals surface area contributed by atoms with Crippen LogP contribution in [0.2, 0.25) is 5.02 Å². The Morgan fingerprint density at radius 1 is 1.14 bits per heavy atom. The Bertz CT molecular complexity index is 673. The van der Waals surface area contributed by atoms with Gasteiger partial charge < -0.3 is 11.1 Å². The summed E-state index contributed by atoms with van der Waals surface area (Å²) in [6, 6.07) is 14.8. The van der Waals surface area contributed by atoms with Crippen LogP contribution in [0.5, 0.6) is 0 Å². The van der Waals surface area contributed by atoms with Crippen LogP contribution in [0.15, 0.2) is 48.5 Å². The van der Waals surface area contributed by atoms with Gasteiger partial charge in [-0.25, -0.2) is 0 Å². The van der Waals surface area contributed by atoms with Crippen LogP contribution in [0.3, 0.4) is 0 Å². The van der Waals surface area contributed by atoms with Crippen LogP contribution < -0.4 is 11.1 Å². The Morgan fingerprint density at radius 3 is 2.57 bits per heavy atom.